The summed E-state index contributed by atoms with van der Waals surface area (Å²) in [7, 11) is 0. The van der Waals surface area contributed by atoms with Gasteiger partial charge in [0.25, 0.3) is 5.91 Å². The number of hydrogen-bond donors (Lipinski definition) is 2. The van der Waals surface area contributed by atoms with Gasteiger partial charge in [-0.25, -0.2) is 9.82 Å². The van der Waals surface area contributed by atoms with E-state index in [-0.39, 0.29) is 0 Å². The number of ether oxygens (including phenoxy) is 2. The van der Waals surface area contributed by atoms with E-state index in [1.165, 1.54) is 30.5 Å². The van der Waals surface area contributed by atoms with Gasteiger partial charge in [-0.15, -0.1) is 0 Å². The molecule has 186 valence electrons. The predicted molar refractivity (Wildman–Crippen MR) is 109 cm³/mol. The van der Waals surface area contributed by atoms with Gasteiger partial charge in [0.15, 0.2) is 13.2 Å². The van der Waals surface area contributed by atoms with Crippen LogP contribution < -0.4 is 14.9 Å². The maximum absolute atomic E-state index is 13.1. The van der Waals surface area contributed by atoms with Crippen molar-refractivity contribution < 1.29 is 45.0 Å². The first-order valence-corrected chi connectivity index (χ1v) is 9.57. The summed E-state index contributed by atoms with van der Waals surface area (Å²) in [4.78, 5) is 12.5. The summed E-state index contributed by atoms with van der Waals surface area (Å²) in [6, 6.07) is 7.97. The molecule has 0 saturated carbocycles. The predicted octanol–water partition coefficient (Wildman–Crippen LogP) is 4.86. The van der Waals surface area contributed by atoms with Crippen LogP contribution in [0.3, 0.4) is 0 Å². The molecule has 0 unspecified atom stereocenters. The molecule has 2 aromatic carbocycles. The third-order valence-corrected chi connectivity index (χ3v) is 4.16. The zero-order valence-electron chi connectivity index (χ0n) is 17.4. The summed E-state index contributed by atoms with van der Waals surface area (Å²) in [5.74, 6) is -2.52. The van der Waals surface area contributed by atoms with Crippen LogP contribution in [0.25, 0.3) is 11.3 Å². The largest absolute Gasteiger partial charge is 0.484 e. The third-order valence-electron chi connectivity index (χ3n) is 4.16. The SMILES string of the molecule is O=C(N/N=C\c1cn[nH]c1-c1ccc(F)cc1)c1cc(OCC(F)(F)F)ccc1OCC(F)(F)F. The van der Waals surface area contributed by atoms with E-state index in [0.717, 1.165) is 24.4 Å². The maximum Gasteiger partial charge on any atom is 0.422 e. The number of carbonyl (C=O) groups excluding carboxylic acids is 1. The van der Waals surface area contributed by atoms with E-state index in [0.29, 0.717) is 16.8 Å². The lowest BCUT2D eigenvalue weighted by Crippen LogP contribution is -2.23. The Hall–Kier alpha value is -4.10. The van der Waals surface area contributed by atoms with Gasteiger partial charge in [-0.2, -0.15) is 36.5 Å². The second-order valence-electron chi connectivity index (χ2n) is 6.87. The Morgan fingerprint density at radius 1 is 1.00 bits per heavy atom. The van der Waals surface area contributed by atoms with Crippen molar-refractivity contribution in [2.45, 2.75) is 12.4 Å². The molecule has 7 nitrogen and oxygen atoms in total. The first-order chi connectivity index (χ1) is 16.4. The highest BCUT2D eigenvalue weighted by Gasteiger charge is 2.30. The summed E-state index contributed by atoms with van der Waals surface area (Å²) < 4.78 is 97.1. The van der Waals surface area contributed by atoms with Crippen LogP contribution >= 0.6 is 0 Å². The van der Waals surface area contributed by atoms with Gasteiger partial charge in [0, 0.05) is 11.1 Å². The number of halogens is 7. The molecule has 1 aromatic heterocycles. The number of H-pyrrole nitrogens is 1. The molecule has 1 heterocycles. The van der Waals surface area contributed by atoms with Crippen molar-refractivity contribution >= 4 is 12.1 Å². The topological polar surface area (TPSA) is 88.6 Å². The van der Waals surface area contributed by atoms with Gasteiger partial charge in [-0.3, -0.25) is 9.89 Å². The Morgan fingerprint density at radius 3 is 2.31 bits per heavy atom. The van der Waals surface area contributed by atoms with Crippen molar-refractivity contribution in [3.8, 4) is 22.8 Å². The summed E-state index contributed by atoms with van der Waals surface area (Å²) in [5.41, 5.74) is 2.86. The lowest BCUT2D eigenvalue weighted by molar-refractivity contribution is -0.154. The summed E-state index contributed by atoms with van der Waals surface area (Å²) in [5, 5.41) is 10.2. The molecule has 35 heavy (non-hydrogen) atoms. The van der Waals surface area contributed by atoms with Gasteiger partial charge < -0.3 is 9.47 Å². The number of rotatable bonds is 8. The molecule has 3 rings (SSSR count). The molecule has 2 N–H and O–H groups in total. The number of aromatic amines is 1. The van der Waals surface area contributed by atoms with Crippen LogP contribution in [-0.2, 0) is 0 Å². The van der Waals surface area contributed by atoms with Crippen molar-refractivity contribution in [2.24, 2.45) is 5.10 Å². The van der Waals surface area contributed by atoms with E-state index < -0.39 is 54.4 Å². The van der Waals surface area contributed by atoms with Gasteiger partial charge in [0.05, 0.1) is 23.7 Å². The zero-order chi connectivity index (χ0) is 25.6. The van der Waals surface area contributed by atoms with Crippen molar-refractivity contribution in [3.63, 3.8) is 0 Å². The smallest absolute Gasteiger partial charge is 0.422 e. The molecule has 0 atom stereocenters. The number of nitrogens with one attached hydrogen (secondary N) is 2. The number of hydrogen-bond acceptors (Lipinski definition) is 5. The molecule has 0 spiro atoms. The minimum Gasteiger partial charge on any atom is -0.484 e. The van der Waals surface area contributed by atoms with Crippen LogP contribution in [0.15, 0.2) is 53.8 Å². The molecule has 0 bridgehead atoms. The van der Waals surface area contributed by atoms with Crippen molar-refractivity contribution in [2.75, 3.05) is 13.2 Å². The van der Waals surface area contributed by atoms with E-state index in [1.54, 1.807) is 0 Å². The average Bonchev–Trinajstić information content (AvgIpc) is 3.24. The van der Waals surface area contributed by atoms with Crippen molar-refractivity contribution in [1.82, 2.24) is 15.6 Å². The third kappa shape index (κ3) is 7.72. The van der Waals surface area contributed by atoms with E-state index in [1.807, 2.05) is 0 Å². The molecule has 0 radical (unpaired) electrons. The van der Waals surface area contributed by atoms with Crippen LogP contribution in [0.2, 0.25) is 0 Å². The van der Waals surface area contributed by atoms with Gasteiger partial charge in [0.2, 0.25) is 0 Å². The summed E-state index contributed by atoms with van der Waals surface area (Å²) in [6.07, 6.45) is -6.90. The fourth-order valence-corrected chi connectivity index (χ4v) is 2.69. The molecule has 0 saturated heterocycles. The van der Waals surface area contributed by atoms with Crippen LogP contribution in [0, 0.1) is 5.82 Å². The Kier molecular flexibility index (Phi) is 7.62. The molecule has 1 amide bonds. The van der Waals surface area contributed by atoms with Crippen LogP contribution in [-0.4, -0.2) is 47.9 Å². The lowest BCUT2D eigenvalue weighted by Gasteiger charge is -2.14. The van der Waals surface area contributed by atoms with Gasteiger partial charge >= 0.3 is 12.4 Å². The quantitative estimate of drug-likeness (QED) is 0.261. The number of aromatic nitrogens is 2. The first-order valence-electron chi connectivity index (χ1n) is 9.57. The van der Waals surface area contributed by atoms with Gasteiger partial charge in [-0.1, -0.05) is 0 Å². The maximum atomic E-state index is 13.1. The summed E-state index contributed by atoms with van der Waals surface area (Å²) >= 11 is 0. The number of amides is 1. The monoisotopic (exact) mass is 504 g/mol. The highest BCUT2D eigenvalue weighted by molar-refractivity contribution is 5.98. The Balaban J connectivity index is 1.78. The van der Waals surface area contributed by atoms with Crippen LogP contribution in [0.5, 0.6) is 11.5 Å². The second kappa shape index (κ2) is 10.4. The Morgan fingerprint density at radius 2 is 1.66 bits per heavy atom. The number of carbonyl (C=O) groups is 1. The molecule has 0 aliphatic rings. The average molecular weight is 504 g/mol. The fourth-order valence-electron chi connectivity index (χ4n) is 2.69. The van der Waals surface area contributed by atoms with Gasteiger partial charge in [-0.05, 0) is 42.5 Å². The van der Waals surface area contributed by atoms with Crippen molar-refractivity contribution in [3.05, 3.63) is 65.6 Å². The Labute approximate surface area is 192 Å². The number of benzene rings is 2. The van der Waals surface area contributed by atoms with Crippen LogP contribution in [0.1, 0.15) is 15.9 Å². The standard InChI is InChI=1S/C21H15F7N4O3/c22-14-3-1-12(2-4-14)18-13(8-29-31-18)9-30-32-19(33)16-7-15(34-10-20(23,24)25)5-6-17(16)35-11-21(26,27)28/h1-9H,10-11H2,(H,29,31)(H,32,33)/b30-9-. The molecule has 0 fully saturated rings. The molecule has 14 heteroatoms. The van der Waals surface area contributed by atoms with E-state index >= 15 is 0 Å². The number of hydrazone groups is 1. The van der Waals surface area contributed by atoms with Crippen molar-refractivity contribution in [1.29, 1.82) is 0 Å². The van der Waals surface area contributed by atoms with Crippen LogP contribution in [0.4, 0.5) is 30.7 Å². The molecule has 3 aromatic rings. The number of alkyl halides is 6. The van der Waals surface area contributed by atoms with E-state index in [9.17, 15) is 35.5 Å². The molecule has 0 aliphatic carbocycles. The minimum absolute atomic E-state index is 0.368. The molecular formula is C21H15F7N4O3. The first kappa shape index (κ1) is 25.5. The highest BCUT2D eigenvalue weighted by atomic mass is 19.4. The van der Waals surface area contributed by atoms with Gasteiger partial charge in [0.1, 0.15) is 17.3 Å². The Bertz CT molecular complexity index is 1190. The zero-order valence-corrected chi connectivity index (χ0v) is 17.4. The summed E-state index contributed by atoms with van der Waals surface area (Å²) in [6.45, 7) is -3.42. The highest BCUT2D eigenvalue weighted by Crippen LogP contribution is 2.28. The lowest BCUT2D eigenvalue weighted by atomic mass is 10.1. The number of nitrogens with zero attached hydrogens (tertiary/aromatic N) is 2. The normalized spacial score (nSPS) is 12.1. The molecular weight excluding hydrogens is 489 g/mol. The van der Waals surface area contributed by atoms with E-state index in [2.05, 4.69) is 30.2 Å². The van der Waals surface area contributed by atoms with E-state index in [4.69, 9.17) is 0 Å². The fraction of sp³-hybridized carbons (Fsp3) is 0.190. The minimum atomic E-state index is -4.73. The molecule has 0 aliphatic heterocycles. The second-order valence-corrected chi connectivity index (χ2v) is 6.87.